The van der Waals surface area contributed by atoms with Gasteiger partial charge in [0.1, 0.15) is 24.6 Å². The molecule has 244 valence electrons. The number of hydrogen-bond donors (Lipinski definition) is 1. The zero-order chi connectivity index (χ0) is 32.1. The van der Waals surface area contributed by atoms with Gasteiger partial charge in [-0.15, -0.1) is 0 Å². The molecule has 0 bridgehead atoms. The first kappa shape index (κ1) is 34.6. The van der Waals surface area contributed by atoms with Crippen LogP contribution in [0.3, 0.4) is 0 Å². The Morgan fingerprint density at radius 2 is 1.31 bits per heavy atom. The Bertz CT molecular complexity index is 1250. The maximum atomic E-state index is 14.1. The van der Waals surface area contributed by atoms with Crippen LogP contribution in [0.5, 0.6) is 0 Å². The highest BCUT2D eigenvalue weighted by atomic mass is 16.7. The summed E-state index contributed by atoms with van der Waals surface area (Å²) in [7, 11) is 1.53. The molecule has 9 nitrogen and oxygen atoms in total. The number of carbonyl (C=O) groups is 1. The maximum absolute atomic E-state index is 14.1. The normalized spacial score (nSPS) is 20.7. The van der Waals surface area contributed by atoms with Gasteiger partial charge in [-0.1, -0.05) is 91.0 Å². The van der Waals surface area contributed by atoms with Gasteiger partial charge in [0.15, 0.2) is 0 Å². The lowest BCUT2D eigenvalue weighted by atomic mass is 10.0. The molecule has 9 heteroatoms. The third-order valence-corrected chi connectivity index (χ3v) is 7.49. The Labute approximate surface area is 267 Å². The molecule has 1 aliphatic heterocycles. The molecule has 0 spiro atoms. The van der Waals surface area contributed by atoms with E-state index in [-0.39, 0.29) is 33.0 Å². The molecule has 3 aromatic carbocycles. The lowest BCUT2D eigenvalue weighted by Crippen LogP contribution is -2.53. The molecule has 0 saturated carbocycles. The summed E-state index contributed by atoms with van der Waals surface area (Å²) in [4.78, 5) is 15.8. The van der Waals surface area contributed by atoms with Crippen molar-refractivity contribution in [1.29, 1.82) is 0 Å². The van der Waals surface area contributed by atoms with Gasteiger partial charge in [0.05, 0.1) is 44.6 Å². The number of likely N-dealkylation sites (tertiary alicyclic amines) is 1. The second-order valence-corrected chi connectivity index (χ2v) is 12.1. The van der Waals surface area contributed by atoms with Crippen LogP contribution in [0.25, 0.3) is 0 Å². The van der Waals surface area contributed by atoms with Crippen LogP contribution in [-0.2, 0) is 48.2 Å². The molecular formula is C36H47NO8. The highest BCUT2D eigenvalue weighted by Gasteiger charge is 2.56. The lowest BCUT2D eigenvalue weighted by molar-refractivity contribution is -0.133. The number of amides is 1. The summed E-state index contributed by atoms with van der Waals surface area (Å²) in [6.07, 6.45) is -2.22. The summed E-state index contributed by atoms with van der Waals surface area (Å²) >= 11 is 0. The van der Waals surface area contributed by atoms with Gasteiger partial charge >= 0.3 is 6.09 Å². The molecule has 1 fully saturated rings. The van der Waals surface area contributed by atoms with Gasteiger partial charge in [-0.3, -0.25) is 4.90 Å². The van der Waals surface area contributed by atoms with E-state index >= 15 is 0 Å². The Morgan fingerprint density at radius 1 is 0.800 bits per heavy atom. The van der Waals surface area contributed by atoms with Gasteiger partial charge in [-0.05, 0) is 43.9 Å². The predicted molar refractivity (Wildman–Crippen MR) is 170 cm³/mol. The second kappa shape index (κ2) is 17.4. The van der Waals surface area contributed by atoms with Crippen LogP contribution >= 0.6 is 0 Å². The summed E-state index contributed by atoms with van der Waals surface area (Å²) in [5.74, 6) is 0. The van der Waals surface area contributed by atoms with E-state index in [4.69, 9.17) is 28.4 Å². The number of rotatable bonds is 16. The fourth-order valence-electron chi connectivity index (χ4n) is 5.53. The first-order valence-electron chi connectivity index (χ1n) is 15.5. The van der Waals surface area contributed by atoms with Crippen molar-refractivity contribution in [1.82, 2.24) is 4.90 Å². The minimum Gasteiger partial charge on any atom is -0.444 e. The molecule has 0 unspecified atom stereocenters. The first-order valence-corrected chi connectivity index (χ1v) is 15.5. The van der Waals surface area contributed by atoms with Crippen LogP contribution in [0.4, 0.5) is 4.79 Å². The van der Waals surface area contributed by atoms with E-state index in [1.165, 1.54) is 7.11 Å². The Kier molecular flexibility index (Phi) is 13.4. The molecule has 1 amide bonds. The van der Waals surface area contributed by atoms with Crippen LogP contribution in [-0.4, -0.2) is 79.2 Å². The van der Waals surface area contributed by atoms with Crippen molar-refractivity contribution in [2.24, 2.45) is 0 Å². The molecule has 45 heavy (non-hydrogen) atoms. The molecule has 3 aromatic rings. The van der Waals surface area contributed by atoms with Crippen LogP contribution in [0.1, 0.15) is 43.9 Å². The molecule has 0 aromatic heterocycles. The number of methoxy groups -OCH3 is 1. The van der Waals surface area contributed by atoms with Crippen LogP contribution < -0.4 is 0 Å². The standard InChI is InChI=1S/C36H47NO8/c1-36(2,3)45-35(39)37-30(25-41-22-27-14-8-5-9-15-27)33(42-23-28-16-10-6-11-17-28)34(43-24-29-18-12-7-13-19-29)32(37)31(20-21-38)44-26-40-4/h5-19,30-34,38H,20-26H2,1-4H3/t30-,31-,32+,33-,34-/m1/s1. The Morgan fingerprint density at radius 3 is 1.80 bits per heavy atom. The van der Waals surface area contributed by atoms with Crippen molar-refractivity contribution >= 4 is 6.09 Å². The number of aliphatic hydroxyl groups is 1. The Balaban J connectivity index is 1.74. The van der Waals surface area contributed by atoms with E-state index in [0.29, 0.717) is 13.2 Å². The van der Waals surface area contributed by atoms with Gasteiger partial charge in [0, 0.05) is 13.7 Å². The van der Waals surface area contributed by atoms with Crippen molar-refractivity contribution in [2.45, 2.75) is 83.0 Å². The molecule has 1 heterocycles. The van der Waals surface area contributed by atoms with Gasteiger partial charge in [0.2, 0.25) is 0 Å². The van der Waals surface area contributed by atoms with Crippen molar-refractivity contribution in [3.05, 3.63) is 108 Å². The monoisotopic (exact) mass is 621 g/mol. The van der Waals surface area contributed by atoms with Crippen LogP contribution in [0, 0.1) is 0 Å². The smallest absolute Gasteiger partial charge is 0.411 e. The molecule has 5 atom stereocenters. The topological polar surface area (TPSA) is 95.9 Å². The van der Waals surface area contributed by atoms with E-state index < -0.39 is 42.1 Å². The molecule has 4 rings (SSSR count). The zero-order valence-electron chi connectivity index (χ0n) is 26.7. The van der Waals surface area contributed by atoms with Crippen molar-refractivity contribution in [3.63, 3.8) is 0 Å². The van der Waals surface area contributed by atoms with Gasteiger partial charge in [-0.25, -0.2) is 4.79 Å². The van der Waals surface area contributed by atoms with E-state index in [9.17, 15) is 9.90 Å². The van der Waals surface area contributed by atoms with Gasteiger partial charge in [-0.2, -0.15) is 0 Å². The number of benzene rings is 3. The quantitative estimate of drug-likeness (QED) is 0.203. The second-order valence-electron chi connectivity index (χ2n) is 12.1. The summed E-state index contributed by atoms with van der Waals surface area (Å²) in [6.45, 7) is 6.38. The predicted octanol–water partition coefficient (Wildman–Crippen LogP) is 5.73. The fourth-order valence-corrected chi connectivity index (χ4v) is 5.53. The minimum absolute atomic E-state index is 0.0283. The molecular weight excluding hydrogens is 574 g/mol. The number of aliphatic hydroxyl groups excluding tert-OH is 1. The van der Waals surface area contributed by atoms with Crippen molar-refractivity contribution in [3.8, 4) is 0 Å². The molecule has 1 saturated heterocycles. The van der Waals surface area contributed by atoms with Crippen LogP contribution in [0.2, 0.25) is 0 Å². The SMILES string of the molecule is COCO[C@H](CCO)[C@H]1[C@@H](OCc2ccccc2)[C@H](OCc2ccccc2)[C@@H](COCc2ccccc2)N1C(=O)OC(C)(C)C. The van der Waals surface area contributed by atoms with E-state index in [0.717, 1.165) is 16.7 Å². The number of nitrogens with zero attached hydrogens (tertiary/aromatic N) is 1. The summed E-state index contributed by atoms with van der Waals surface area (Å²) in [5.41, 5.74) is 2.21. The molecule has 1 aliphatic rings. The van der Waals surface area contributed by atoms with Gasteiger partial charge < -0.3 is 33.5 Å². The van der Waals surface area contributed by atoms with E-state index in [2.05, 4.69) is 0 Å². The third kappa shape index (κ3) is 10.4. The lowest BCUT2D eigenvalue weighted by Gasteiger charge is -2.36. The van der Waals surface area contributed by atoms with Crippen LogP contribution in [0.15, 0.2) is 91.0 Å². The van der Waals surface area contributed by atoms with E-state index in [1.807, 2.05) is 112 Å². The highest BCUT2D eigenvalue weighted by molar-refractivity contribution is 5.70. The average molecular weight is 622 g/mol. The molecule has 1 N–H and O–H groups in total. The van der Waals surface area contributed by atoms with Crippen molar-refractivity contribution < 1.29 is 38.3 Å². The average Bonchev–Trinajstić information content (AvgIpc) is 3.34. The Hall–Kier alpha value is -3.31. The number of hydrogen-bond acceptors (Lipinski definition) is 8. The van der Waals surface area contributed by atoms with E-state index in [1.54, 1.807) is 4.90 Å². The maximum Gasteiger partial charge on any atom is 0.411 e. The zero-order valence-corrected chi connectivity index (χ0v) is 26.7. The van der Waals surface area contributed by atoms with Crippen molar-refractivity contribution in [2.75, 3.05) is 27.1 Å². The highest BCUT2D eigenvalue weighted by Crippen LogP contribution is 2.37. The first-order chi connectivity index (χ1) is 21.8. The molecule has 0 radical (unpaired) electrons. The fraction of sp³-hybridized carbons (Fsp3) is 0.472. The number of ether oxygens (including phenoxy) is 6. The van der Waals surface area contributed by atoms with Gasteiger partial charge in [0.25, 0.3) is 0 Å². The summed E-state index contributed by atoms with van der Waals surface area (Å²) < 4.78 is 37.0. The number of carbonyl (C=O) groups excluding carboxylic acids is 1. The largest absolute Gasteiger partial charge is 0.444 e. The summed E-state index contributed by atoms with van der Waals surface area (Å²) in [6, 6.07) is 28.3. The molecule has 0 aliphatic carbocycles. The third-order valence-electron chi connectivity index (χ3n) is 7.49. The summed E-state index contributed by atoms with van der Waals surface area (Å²) in [5, 5.41) is 10.1. The minimum atomic E-state index is -0.764.